The van der Waals surface area contributed by atoms with Crippen LogP contribution in [0.4, 0.5) is 0 Å². The van der Waals surface area contributed by atoms with Gasteiger partial charge in [0.2, 0.25) is 5.96 Å². The van der Waals surface area contributed by atoms with Crippen LogP contribution in [-0.4, -0.2) is 43.6 Å². The molecule has 1 aliphatic rings. The van der Waals surface area contributed by atoms with Gasteiger partial charge in [-0.3, -0.25) is 15.3 Å². The van der Waals surface area contributed by atoms with Crippen molar-refractivity contribution in [2.45, 2.75) is 32.2 Å². The Morgan fingerprint density at radius 1 is 1.40 bits per heavy atom. The number of aliphatic imine (C=N–C) groups is 1. The van der Waals surface area contributed by atoms with Crippen LogP contribution in [0.25, 0.3) is 0 Å². The summed E-state index contributed by atoms with van der Waals surface area (Å²) in [5.41, 5.74) is 2.53. The summed E-state index contributed by atoms with van der Waals surface area (Å²) in [4.78, 5) is 6.49. The van der Waals surface area contributed by atoms with Crippen molar-refractivity contribution in [1.29, 1.82) is 0 Å². The van der Waals surface area contributed by atoms with Gasteiger partial charge in [-0.15, -0.1) is 0 Å². The maximum atomic E-state index is 5.29. The van der Waals surface area contributed by atoms with E-state index in [-0.39, 0.29) is 0 Å². The Morgan fingerprint density at radius 2 is 2.07 bits per heavy atom. The van der Waals surface area contributed by atoms with Gasteiger partial charge in [0.1, 0.15) is 0 Å². The van der Waals surface area contributed by atoms with E-state index in [0.717, 1.165) is 6.54 Å². The van der Waals surface area contributed by atoms with Gasteiger partial charge in [-0.25, -0.2) is 5.84 Å². The van der Waals surface area contributed by atoms with Crippen molar-refractivity contribution in [3.8, 4) is 0 Å². The molecule has 1 heterocycles. The van der Waals surface area contributed by atoms with Crippen LogP contribution in [0.3, 0.4) is 0 Å². The summed E-state index contributed by atoms with van der Waals surface area (Å²) >= 11 is 0. The van der Waals surface area contributed by atoms with Crippen LogP contribution in [0.5, 0.6) is 0 Å². The number of guanidine groups is 1. The van der Waals surface area contributed by atoms with Crippen molar-refractivity contribution in [2.24, 2.45) is 10.8 Å². The van der Waals surface area contributed by atoms with E-state index in [4.69, 9.17) is 5.84 Å². The standard InChI is InChI=1S/C10H23N5/c1-9(8-13-10(12-2)14-11)15-6-4-3-5-7-15/h9H,3-8,11H2,1-2H3,(H2,12,13,14). The zero-order valence-electron chi connectivity index (χ0n) is 9.79. The Labute approximate surface area is 92.1 Å². The lowest BCUT2D eigenvalue weighted by Crippen LogP contribution is -2.48. The summed E-state index contributed by atoms with van der Waals surface area (Å²) in [5, 5.41) is 3.19. The van der Waals surface area contributed by atoms with Crippen LogP contribution in [0.1, 0.15) is 26.2 Å². The lowest BCUT2D eigenvalue weighted by Gasteiger charge is -2.32. The van der Waals surface area contributed by atoms with E-state index in [9.17, 15) is 0 Å². The van der Waals surface area contributed by atoms with E-state index in [1.54, 1.807) is 7.05 Å². The average molecular weight is 213 g/mol. The molecule has 1 unspecified atom stereocenters. The molecule has 0 aromatic heterocycles. The zero-order chi connectivity index (χ0) is 11.1. The SMILES string of the molecule is CN=C(NN)NCC(C)N1CCCCC1. The third-order valence-corrected chi connectivity index (χ3v) is 2.94. The number of rotatable bonds is 3. The Morgan fingerprint density at radius 3 is 2.60 bits per heavy atom. The Bertz CT molecular complexity index is 198. The molecule has 1 aliphatic heterocycles. The molecule has 0 aromatic rings. The van der Waals surface area contributed by atoms with Gasteiger partial charge in [0.05, 0.1) is 0 Å². The largest absolute Gasteiger partial charge is 0.354 e. The van der Waals surface area contributed by atoms with Gasteiger partial charge in [-0.05, 0) is 32.9 Å². The van der Waals surface area contributed by atoms with Crippen LogP contribution in [0.2, 0.25) is 0 Å². The number of nitrogens with two attached hydrogens (primary N) is 1. The Balaban J connectivity index is 2.25. The topological polar surface area (TPSA) is 65.7 Å². The molecule has 0 aliphatic carbocycles. The molecule has 0 aromatic carbocycles. The minimum absolute atomic E-state index is 0.537. The van der Waals surface area contributed by atoms with E-state index < -0.39 is 0 Å². The fraction of sp³-hybridized carbons (Fsp3) is 0.900. The second-order valence-corrected chi connectivity index (χ2v) is 4.04. The maximum Gasteiger partial charge on any atom is 0.205 e. The first-order chi connectivity index (χ1) is 7.27. The second-order valence-electron chi connectivity index (χ2n) is 4.04. The second kappa shape index (κ2) is 6.63. The van der Waals surface area contributed by atoms with Crippen molar-refractivity contribution in [2.75, 3.05) is 26.7 Å². The molecule has 0 spiro atoms. The minimum Gasteiger partial charge on any atom is -0.354 e. The molecular weight excluding hydrogens is 190 g/mol. The van der Waals surface area contributed by atoms with Gasteiger partial charge in [-0.2, -0.15) is 0 Å². The summed E-state index contributed by atoms with van der Waals surface area (Å²) < 4.78 is 0. The summed E-state index contributed by atoms with van der Waals surface area (Å²) in [5.74, 6) is 5.94. The van der Waals surface area contributed by atoms with Gasteiger partial charge in [-0.1, -0.05) is 6.42 Å². The van der Waals surface area contributed by atoms with Crippen LogP contribution in [0.15, 0.2) is 4.99 Å². The van der Waals surface area contributed by atoms with Gasteiger partial charge in [0.15, 0.2) is 0 Å². The fourth-order valence-electron chi connectivity index (χ4n) is 1.93. The van der Waals surface area contributed by atoms with Gasteiger partial charge >= 0.3 is 0 Å². The molecule has 1 rings (SSSR count). The van der Waals surface area contributed by atoms with Gasteiger partial charge < -0.3 is 5.32 Å². The number of likely N-dealkylation sites (tertiary alicyclic amines) is 1. The van der Waals surface area contributed by atoms with E-state index in [2.05, 4.69) is 27.6 Å². The van der Waals surface area contributed by atoms with E-state index in [1.807, 2.05) is 0 Å². The molecule has 88 valence electrons. The molecule has 15 heavy (non-hydrogen) atoms. The molecule has 0 saturated carbocycles. The van der Waals surface area contributed by atoms with E-state index in [1.165, 1.54) is 32.4 Å². The number of nitrogens with zero attached hydrogens (tertiary/aromatic N) is 2. The fourth-order valence-corrected chi connectivity index (χ4v) is 1.93. The lowest BCUT2D eigenvalue weighted by atomic mass is 10.1. The summed E-state index contributed by atoms with van der Waals surface area (Å²) in [6, 6.07) is 0.537. The number of hydrogen-bond donors (Lipinski definition) is 3. The Hall–Kier alpha value is -0.810. The third kappa shape index (κ3) is 4.05. The van der Waals surface area contributed by atoms with Crippen LogP contribution in [-0.2, 0) is 0 Å². The van der Waals surface area contributed by atoms with E-state index >= 15 is 0 Å². The number of nitrogens with one attached hydrogen (secondary N) is 2. The normalized spacial score (nSPS) is 21.1. The molecule has 1 saturated heterocycles. The van der Waals surface area contributed by atoms with E-state index in [0.29, 0.717) is 12.0 Å². The molecule has 5 nitrogen and oxygen atoms in total. The summed E-state index contributed by atoms with van der Waals surface area (Å²) in [6.07, 6.45) is 4.03. The smallest absolute Gasteiger partial charge is 0.205 e. The number of hydrazine groups is 1. The van der Waals surface area contributed by atoms with Gasteiger partial charge in [0, 0.05) is 19.6 Å². The molecular formula is C10H23N5. The molecule has 0 bridgehead atoms. The quantitative estimate of drug-likeness (QED) is 0.265. The average Bonchev–Trinajstić information content (AvgIpc) is 2.31. The first kappa shape index (κ1) is 12.3. The van der Waals surface area contributed by atoms with Crippen LogP contribution >= 0.6 is 0 Å². The van der Waals surface area contributed by atoms with Crippen molar-refractivity contribution in [3.05, 3.63) is 0 Å². The molecule has 5 heteroatoms. The molecule has 1 fully saturated rings. The first-order valence-corrected chi connectivity index (χ1v) is 5.69. The van der Waals surface area contributed by atoms with Crippen molar-refractivity contribution >= 4 is 5.96 Å². The summed E-state index contributed by atoms with van der Waals surface area (Å²) in [6.45, 7) is 5.56. The van der Waals surface area contributed by atoms with Crippen LogP contribution in [0, 0.1) is 0 Å². The number of hydrogen-bond acceptors (Lipinski definition) is 3. The highest BCUT2D eigenvalue weighted by Gasteiger charge is 2.16. The lowest BCUT2D eigenvalue weighted by molar-refractivity contribution is 0.174. The van der Waals surface area contributed by atoms with Crippen molar-refractivity contribution in [3.63, 3.8) is 0 Å². The van der Waals surface area contributed by atoms with Crippen molar-refractivity contribution < 1.29 is 0 Å². The summed E-state index contributed by atoms with van der Waals surface area (Å²) in [7, 11) is 1.72. The number of piperidine rings is 1. The third-order valence-electron chi connectivity index (χ3n) is 2.94. The minimum atomic E-state index is 0.537. The molecule has 0 radical (unpaired) electrons. The predicted octanol–water partition coefficient (Wildman–Crippen LogP) is -0.100. The van der Waals surface area contributed by atoms with Gasteiger partial charge in [0.25, 0.3) is 0 Å². The van der Waals surface area contributed by atoms with Crippen LogP contribution < -0.4 is 16.6 Å². The highest BCUT2D eigenvalue weighted by molar-refractivity contribution is 5.78. The molecule has 0 amide bonds. The Kier molecular flexibility index (Phi) is 5.42. The highest BCUT2D eigenvalue weighted by atomic mass is 15.3. The molecule has 1 atom stereocenters. The monoisotopic (exact) mass is 213 g/mol. The maximum absolute atomic E-state index is 5.29. The predicted molar refractivity (Wildman–Crippen MR) is 63.6 cm³/mol. The highest BCUT2D eigenvalue weighted by Crippen LogP contribution is 2.11. The van der Waals surface area contributed by atoms with Crippen molar-refractivity contribution in [1.82, 2.24) is 15.6 Å². The zero-order valence-corrected chi connectivity index (χ0v) is 9.79. The first-order valence-electron chi connectivity index (χ1n) is 5.69. The molecule has 4 N–H and O–H groups in total.